The molecule has 0 N–H and O–H groups in total. The van der Waals surface area contributed by atoms with Crippen LogP contribution in [0.2, 0.25) is 5.02 Å². The Labute approximate surface area is 172 Å². The third-order valence-electron chi connectivity index (χ3n) is 4.77. The Hall–Kier alpha value is -3.57. The largest absolute Gasteiger partial charge is 0.265 e. The number of hydrogen-bond acceptors (Lipinski definition) is 4. The number of halogens is 1. The van der Waals surface area contributed by atoms with Gasteiger partial charge in [0.1, 0.15) is 11.4 Å². The van der Waals surface area contributed by atoms with Crippen LogP contribution in [0.4, 0.5) is 0 Å². The van der Waals surface area contributed by atoms with Gasteiger partial charge in [-0.15, -0.1) is 10.2 Å². The van der Waals surface area contributed by atoms with E-state index in [4.69, 9.17) is 16.7 Å². The smallest absolute Gasteiger partial charge is 0.182 e. The molecule has 0 radical (unpaired) electrons. The molecule has 0 bridgehead atoms. The summed E-state index contributed by atoms with van der Waals surface area (Å²) < 4.78 is 1.85. The second kappa shape index (κ2) is 7.45. The van der Waals surface area contributed by atoms with Crippen LogP contribution in [0.5, 0.6) is 0 Å². The van der Waals surface area contributed by atoms with Crippen LogP contribution in [0.25, 0.3) is 33.5 Å². The molecule has 0 aliphatic rings. The van der Waals surface area contributed by atoms with E-state index in [9.17, 15) is 0 Å². The van der Waals surface area contributed by atoms with E-state index in [0.29, 0.717) is 22.9 Å². The number of pyridine rings is 1. The summed E-state index contributed by atoms with van der Waals surface area (Å²) in [4.78, 5) is 4.08. The molecule has 0 atom stereocenters. The van der Waals surface area contributed by atoms with Gasteiger partial charge >= 0.3 is 0 Å². The van der Waals surface area contributed by atoms with Gasteiger partial charge in [0.15, 0.2) is 5.65 Å². The Bertz CT molecular complexity index is 1270. The maximum Gasteiger partial charge on any atom is 0.182 e. The molecular weight excluding hydrogens is 382 g/mol. The van der Waals surface area contributed by atoms with Gasteiger partial charge in [-0.25, -0.2) is 4.68 Å². The van der Waals surface area contributed by atoms with Crippen LogP contribution >= 0.6 is 11.6 Å². The fourth-order valence-electron chi connectivity index (χ4n) is 3.37. The quantitative estimate of drug-likeness (QED) is 0.415. The van der Waals surface area contributed by atoms with Crippen molar-refractivity contribution >= 4 is 22.6 Å². The molecule has 2 aromatic carbocycles. The van der Waals surface area contributed by atoms with Gasteiger partial charge in [-0.2, -0.15) is 5.10 Å². The molecule has 3 aromatic heterocycles. The maximum absolute atomic E-state index is 6.88. The van der Waals surface area contributed by atoms with E-state index in [1.165, 1.54) is 0 Å². The molecule has 3 heterocycles. The van der Waals surface area contributed by atoms with Crippen molar-refractivity contribution < 1.29 is 0 Å². The van der Waals surface area contributed by atoms with Crippen LogP contribution in [0.1, 0.15) is 5.56 Å². The predicted octanol–water partition coefficient (Wildman–Crippen LogP) is 5.26. The van der Waals surface area contributed by atoms with Crippen molar-refractivity contribution in [3.8, 4) is 22.5 Å². The average Bonchev–Trinajstić information content (AvgIpc) is 3.15. The van der Waals surface area contributed by atoms with Gasteiger partial charge in [0.2, 0.25) is 0 Å². The number of fused-ring (bicyclic) bond motifs is 1. The molecule has 0 saturated heterocycles. The van der Waals surface area contributed by atoms with Crippen LogP contribution in [-0.2, 0) is 6.54 Å². The summed E-state index contributed by atoms with van der Waals surface area (Å²) >= 11 is 6.88. The van der Waals surface area contributed by atoms with E-state index in [1.54, 1.807) is 12.4 Å². The first-order chi connectivity index (χ1) is 14.3. The molecule has 5 aromatic rings. The first-order valence-electron chi connectivity index (χ1n) is 9.23. The molecule has 5 rings (SSSR count). The highest BCUT2D eigenvalue weighted by Crippen LogP contribution is 2.37. The van der Waals surface area contributed by atoms with Crippen molar-refractivity contribution in [2.75, 3.05) is 0 Å². The summed E-state index contributed by atoms with van der Waals surface area (Å²) in [5.41, 5.74) is 5.10. The Balaban J connectivity index is 1.75. The lowest BCUT2D eigenvalue weighted by Gasteiger charge is -2.06. The number of benzene rings is 2. The monoisotopic (exact) mass is 397 g/mol. The Morgan fingerprint density at radius 2 is 1.34 bits per heavy atom. The zero-order chi connectivity index (χ0) is 19.6. The number of aromatic nitrogens is 5. The molecule has 5 nitrogen and oxygen atoms in total. The fraction of sp³-hybridized carbons (Fsp3) is 0.0435. The molecule has 0 unspecified atom stereocenters. The highest BCUT2D eigenvalue weighted by Gasteiger charge is 2.21. The third-order valence-corrected chi connectivity index (χ3v) is 5.14. The van der Waals surface area contributed by atoms with Crippen LogP contribution in [0.15, 0.2) is 85.2 Å². The third kappa shape index (κ3) is 3.26. The number of nitrogens with zero attached hydrogens (tertiary/aromatic N) is 5. The van der Waals surface area contributed by atoms with E-state index in [1.807, 2.05) is 77.5 Å². The molecule has 0 fully saturated rings. The summed E-state index contributed by atoms with van der Waals surface area (Å²) in [5.74, 6) is 0. The predicted molar refractivity (Wildman–Crippen MR) is 115 cm³/mol. The van der Waals surface area contributed by atoms with Gasteiger partial charge in [0.25, 0.3) is 0 Å². The molecule has 0 spiro atoms. The minimum atomic E-state index is 0.557. The molecule has 0 amide bonds. The van der Waals surface area contributed by atoms with E-state index in [2.05, 4.69) is 15.2 Å². The second-order valence-corrected chi connectivity index (χ2v) is 7.03. The van der Waals surface area contributed by atoms with Crippen LogP contribution < -0.4 is 0 Å². The highest BCUT2D eigenvalue weighted by atomic mass is 35.5. The van der Waals surface area contributed by atoms with Gasteiger partial charge in [0.05, 0.1) is 17.0 Å². The molecule has 0 aliphatic carbocycles. The Morgan fingerprint density at radius 3 is 2.00 bits per heavy atom. The average molecular weight is 398 g/mol. The molecule has 29 heavy (non-hydrogen) atoms. The van der Waals surface area contributed by atoms with E-state index >= 15 is 0 Å². The lowest BCUT2D eigenvalue weighted by Crippen LogP contribution is -2.04. The normalized spacial score (nSPS) is 11.1. The van der Waals surface area contributed by atoms with Crippen LogP contribution in [0.3, 0.4) is 0 Å². The van der Waals surface area contributed by atoms with Crippen molar-refractivity contribution in [3.63, 3.8) is 0 Å². The van der Waals surface area contributed by atoms with Gasteiger partial charge < -0.3 is 0 Å². The standard InChI is InChI=1S/C23H16ClN5/c24-20-19-21(17-7-3-1-4-8-17)28-29(15-16-11-13-25-14-12-16)23(19)27-26-22(20)18-9-5-2-6-10-18/h1-14H,15H2. The Morgan fingerprint density at radius 1 is 0.724 bits per heavy atom. The van der Waals surface area contributed by atoms with Gasteiger partial charge in [-0.05, 0) is 17.7 Å². The molecule has 0 aliphatic heterocycles. The zero-order valence-electron chi connectivity index (χ0n) is 15.4. The highest BCUT2D eigenvalue weighted by molar-refractivity contribution is 6.38. The maximum atomic E-state index is 6.88. The Kier molecular flexibility index (Phi) is 4.50. The van der Waals surface area contributed by atoms with E-state index < -0.39 is 0 Å². The topological polar surface area (TPSA) is 56.5 Å². The van der Waals surface area contributed by atoms with Crippen molar-refractivity contribution in [1.82, 2.24) is 25.0 Å². The summed E-state index contributed by atoms with van der Waals surface area (Å²) in [6.07, 6.45) is 3.54. The van der Waals surface area contributed by atoms with E-state index in [0.717, 1.165) is 27.8 Å². The van der Waals surface area contributed by atoms with Gasteiger partial charge in [0, 0.05) is 23.5 Å². The lowest BCUT2D eigenvalue weighted by atomic mass is 10.1. The first-order valence-corrected chi connectivity index (χ1v) is 9.61. The minimum absolute atomic E-state index is 0.557. The molecule has 140 valence electrons. The molecule has 0 saturated carbocycles. The van der Waals surface area contributed by atoms with Gasteiger partial charge in [-0.1, -0.05) is 72.3 Å². The SMILES string of the molecule is Clc1c(-c2ccccc2)nnc2c1c(-c1ccccc1)nn2Cc1ccncc1. The summed E-state index contributed by atoms with van der Waals surface area (Å²) in [5, 5.41) is 15.2. The fourth-order valence-corrected chi connectivity index (χ4v) is 3.69. The van der Waals surface area contributed by atoms with Crippen molar-refractivity contribution in [2.24, 2.45) is 0 Å². The second-order valence-electron chi connectivity index (χ2n) is 6.65. The number of rotatable bonds is 4. The summed E-state index contributed by atoms with van der Waals surface area (Å²) in [6, 6.07) is 23.8. The molecular formula is C23H16ClN5. The van der Waals surface area contributed by atoms with Crippen molar-refractivity contribution in [1.29, 1.82) is 0 Å². The van der Waals surface area contributed by atoms with E-state index in [-0.39, 0.29) is 0 Å². The van der Waals surface area contributed by atoms with Crippen LogP contribution in [-0.4, -0.2) is 25.0 Å². The minimum Gasteiger partial charge on any atom is -0.265 e. The van der Waals surface area contributed by atoms with Crippen molar-refractivity contribution in [2.45, 2.75) is 6.54 Å². The lowest BCUT2D eigenvalue weighted by molar-refractivity contribution is 0.701. The van der Waals surface area contributed by atoms with Crippen LogP contribution in [0, 0.1) is 0 Å². The first kappa shape index (κ1) is 17.5. The zero-order valence-corrected chi connectivity index (χ0v) is 16.2. The molecule has 6 heteroatoms. The van der Waals surface area contributed by atoms with Crippen molar-refractivity contribution in [3.05, 3.63) is 95.8 Å². The number of hydrogen-bond donors (Lipinski definition) is 0. The van der Waals surface area contributed by atoms with Gasteiger partial charge in [-0.3, -0.25) is 4.98 Å². The summed E-state index contributed by atoms with van der Waals surface area (Å²) in [7, 11) is 0. The summed E-state index contributed by atoms with van der Waals surface area (Å²) in [6.45, 7) is 0.557.